The highest BCUT2D eigenvalue weighted by Crippen LogP contribution is 2.63. The van der Waals surface area contributed by atoms with E-state index in [1.165, 1.54) is 19.3 Å². The molecule has 3 aliphatic carbocycles. The molecule has 3 nitrogen and oxygen atoms in total. The second kappa shape index (κ2) is 8.94. The van der Waals surface area contributed by atoms with Crippen LogP contribution in [-0.2, 0) is 14.3 Å². The van der Waals surface area contributed by atoms with E-state index in [9.17, 15) is 9.59 Å². The average Bonchev–Trinajstić information content (AvgIpc) is 3.32. The summed E-state index contributed by atoms with van der Waals surface area (Å²) in [5.41, 5.74) is -0.0808. The molecule has 0 heterocycles. The standard InChI is InChI=1S/C27H46O3/c1-8-17(4)23-21-15-18(24(23)26(5,6)9-2)16-22(21)25(29)30-27(7,10-3)19-11-13-20(28)14-12-19/h17-19,21-24H,8-16H2,1-7H3. The topological polar surface area (TPSA) is 43.4 Å². The van der Waals surface area contributed by atoms with Crippen LogP contribution >= 0.6 is 0 Å². The van der Waals surface area contributed by atoms with Gasteiger partial charge in [-0.25, -0.2) is 0 Å². The fourth-order valence-electron chi connectivity index (χ4n) is 7.42. The molecule has 7 atom stereocenters. The zero-order chi connectivity index (χ0) is 22.3. The van der Waals surface area contributed by atoms with Gasteiger partial charge >= 0.3 is 5.97 Å². The van der Waals surface area contributed by atoms with Gasteiger partial charge in [-0.3, -0.25) is 9.59 Å². The lowest BCUT2D eigenvalue weighted by Gasteiger charge is -2.47. The summed E-state index contributed by atoms with van der Waals surface area (Å²) in [4.78, 5) is 25.2. The van der Waals surface area contributed by atoms with Crippen molar-refractivity contribution < 1.29 is 14.3 Å². The van der Waals surface area contributed by atoms with Gasteiger partial charge in [0.15, 0.2) is 0 Å². The molecule has 2 bridgehead atoms. The minimum atomic E-state index is -0.423. The average molecular weight is 419 g/mol. The highest BCUT2D eigenvalue weighted by Gasteiger charge is 2.59. The molecule has 7 unspecified atom stereocenters. The quantitative estimate of drug-likeness (QED) is 0.406. The van der Waals surface area contributed by atoms with Gasteiger partial charge in [-0.1, -0.05) is 54.4 Å². The van der Waals surface area contributed by atoms with Crippen molar-refractivity contribution in [3.63, 3.8) is 0 Å². The molecule has 30 heavy (non-hydrogen) atoms. The van der Waals surface area contributed by atoms with Gasteiger partial charge in [0.25, 0.3) is 0 Å². The van der Waals surface area contributed by atoms with Gasteiger partial charge in [-0.15, -0.1) is 0 Å². The van der Waals surface area contributed by atoms with Crippen LogP contribution in [0, 0.1) is 46.8 Å². The number of carbonyl (C=O) groups excluding carboxylic acids is 2. The lowest BCUT2D eigenvalue weighted by Crippen LogP contribution is -2.46. The van der Waals surface area contributed by atoms with Crippen molar-refractivity contribution in [1.82, 2.24) is 0 Å². The van der Waals surface area contributed by atoms with E-state index in [1.807, 2.05) is 0 Å². The highest BCUT2D eigenvalue weighted by atomic mass is 16.6. The van der Waals surface area contributed by atoms with Crippen molar-refractivity contribution in [2.24, 2.45) is 46.8 Å². The van der Waals surface area contributed by atoms with Crippen LogP contribution in [0.2, 0.25) is 0 Å². The maximum atomic E-state index is 13.5. The third kappa shape index (κ3) is 4.24. The normalized spacial score (nSPS) is 35.3. The van der Waals surface area contributed by atoms with Gasteiger partial charge in [0.1, 0.15) is 11.4 Å². The Hall–Kier alpha value is -0.860. The number of carbonyl (C=O) groups is 2. The van der Waals surface area contributed by atoms with Crippen molar-refractivity contribution in [3.8, 4) is 0 Å². The minimum Gasteiger partial charge on any atom is -0.459 e. The maximum Gasteiger partial charge on any atom is 0.309 e. The van der Waals surface area contributed by atoms with E-state index in [2.05, 4.69) is 48.5 Å². The zero-order valence-electron chi connectivity index (χ0n) is 20.6. The Kier molecular flexibility index (Phi) is 7.09. The lowest BCUT2D eigenvalue weighted by atomic mass is 9.59. The molecule has 3 saturated carbocycles. The number of ether oxygens (including phenoxy) is 1. The molecule has 0 aromatic rings. The third-order valence-electron chi connectivity index (χ3n) is 9.93. The summed E-state index contributed by atoms with van der Waals surface area (Å²) >= 11 is 0. The molecule has 0 amide bonds. The first-order chi connectivity index (χ1) is 14.1. The first-order valence-electron chi connectivity index (χ1n) is 12.8. The van der Waals surface area contributed by atoms with Crippen molar-refractivity contribution in [3.05, 3.63) is 0 Å². The Morgan fingerprint density at radius 2 is 1.70 bits per heavy atom. The van der Waals surface area contributed by atoms with Crippen LogP contribution < -0.4 is 0 Å². The van der Waals surface area contributed by atoms with Gasteiger partial charge in [0, 0.05) is 12.8 Å². The SMILES string of the molecule is CCC(C)C1C2CC(CC2C(=O)OC(C)(CC)C2CCC(=O)CC2)C1C(C)(C)CC. The smallest absolute Gasteiger partial charge is 0.309 e. The Morgan fingerprint density at radius 1 is 1.07 bits per heavy atom. The molecule has 0 radical (unpaired) electrons. The number of hydrogen-bond donors (Lipinski definition) is 0. The summed E-state index contributed by atoms with van der Waals surface area (Å²) in [5, 5.41) is 0. The summed E-state index contributed by atoms with van der Waals surface area (Å²) < 4.78 is 6.36. The second-order valence-corrected chi connectivity index (χ2v) is 11.7. The Morgan fingerprint density at radius 3 is 2.23 bits per heavy atom. The Labute approximate surface area is 185 Å². The van der Waals surface area contributed by atoms with Gasteiger partial charge in [0.05, 0.1) is 5.92 Å². The molecule has 3 heteroatoms. The Bertz CT molecular complexity index is 628. The third-order valence-corrected chi connectivity index (χ3v) is 9.93. The maximum absolute atomic E-state index is 13.5. The molecular formula is C27H46O3. The molecular weight excluding hydrogens is 372 g/mol. The predicted octanol–water partition coefficient (Wildman–Crippen LogP) is 6.83. The number of rotatable bonds is 8. The van der Waals surface area contributed by atoms with Gasteiger partial charge < -0.3 is 4.74 Å². The van der Waals surface area contributed by atoms with Crippen LogP contribution in [0.1, 0.15) is 106 Å². The molecule has 3 fully saturated rings. The summed E-state index contributed by atoms with van der Waals surface area (Å²) in [6, 6.07) is 0. The fourth-order valence-corrected chi connectivity index (χ4v) is 7.42. The van der Waals surface area contributed by atoms with Gasteiger partial charge in [0.2, 0.25) is 0 Å². The number of hydrogen-bond acceptors (Lipinski definition) is 3. The van der Waals surface area contributed by atoms with E-state index in [0.717, 1.165) is 31.6 Å². The first kappa shape index (κ1) is 23.8. The number of ketones is 1. The summed E-state index contributed by atoms with van der Waals surface area (Å²) in [7, 11) is 0. The van der Waals surface area contributed by atoms with E-state index >= 15 is 0 Å². The van der Waals surface area contributed by atoms with Crippen LogP contribution in [0.5, 0.6) is 0 Å². The van der Waals surface area contributed by atoms with Crippen molar-refractivity contribution in [2.75, 3.05) is 0 Å². The van der Waals surface area contributed by atoms with E-state index in [4.69, 9.17) is 4.74 Å². The van der Waals surface area contributed by atoms with Crippen LogP contribution in [0.15, 0.2) is 0 Å². The molecule has 0 N–H and O–H groups in total. The van der Waals surface area contributed by atoms with Crippen LogP contribution in [0.4, 0.5) is 0 Å². The zero-order valence-corrected chi connectivity index (χ0v) is 20.6. The van der Waals surface area contributed by atoms with Gasteiger partial charge in [-0.05, 0) is 80.0 Å². The molecule has 3 aliphatic rings. The number of Topliss-reactive ketones (excluding diaryl/α,β-unsaturated/α-hetero) is 1. The van der Waals surface area contributed by atoms with Crippen molar-refractivity contribution >= 4 is 11.8 Å². The molecule has 0 saturated heterocycles. The monoisotopic (exact) mass is 418 g/mol. The molecule has 0 spiro atoms. The fraction of sp³-hybridized carbons (Fsp3) is 0.926. The van der Waals surface area contributed by atoms with E-state index < -0.39 is 5.60 Å². The van der Waals surface area contributed by atoms with Crippen LogP contribution in [0.3, 0.4) is 0 Å². The molecule has 3 rings (SSSR count). The van der Waals surface area contributed by atoms with Crippen LogP contribution in [-0.4, -0.2) is 17.4 Å². The van der Waals surface area contributed by atoms with Crippen LogP contribution in [0.25, 0.3) is 0 Å². The van der Waals surface area contributed by atoms with E-state index in [-0.39, 0.29) is 11.9 Å². The largest absolute Gasteiger partial charge is 0.459 e. The lowest BCUT2D eigenvalue weighted by molar-refractivity contribution is -0.175. The molecule has 0 aromatic heterocycles. The summed E-state index contributed by atoms with van der Waals surface area (Å²) in [6.07, 6.45) is 8.50. The Balaban J connectivity index is 1.75. The second-order valence-electron chi connectivity index (χ2n) is 11.7. The molecule has 0 aromatic carbocycles. The first-order valence-corrected chi connectivity index (χ1v) is 12.8. The number of esters is 1. The van der Waals surface area contributed by atoms with E-state index in [0.29, 0.717) is 53.6 Å². The molecule has 172 valence electrons. The molecule has 0 aliphatic heterocycles. The van der Waals surface area contributed by atoms with Gasteiger partial charge in [-0.2, -0.15) is 0 Å². The van der Waals surface area contributed by atoms with Crippen molar-refractivity contribution in [1.29, 1.82) is 0 Å². The van der Waals surface area contributed by atoms with Crippen molar-refractivity contribution in [2.45, 2.75) is 112 Å². The minimum absolute atomic E-state index is 0.0600. The predicted molar refractivity (Wildman–Crippen MR) is 122 cm³/mol. The van der Waals surface area contributed by atoms with E-state index in [1.54, 1.807) is 0 Å². The summed E-state index contributed by atoms with van der Waals surface area (Å²) in [6.45, 7) is 16.2. The number of fused-ring (bicyclic) bond motifs is 2. The highest BCUT2D eigenvalue weighted by molar-refractivity contribution is 5.79. The summed E-state index contributed by atoms with van der Waals surface area (Å²) in [5.74, 6) is 4.01.